The van der Waals surface area contributed by atoms with Crippen molar-refractivity contribution in [3.8, 4) is 11.5 Å². The standard InChI is InChI=1S/C27H23F3N2O5/c1-15(2)36-21-10-9-17(12-16(21)3)24(33)22-23(18-6-5-11-31-14-18)32(26(35)25(22)34)19-7-4-8-20(13-19)37-27(28,29)30/h4-15,23,33H,1-3H3/b24-22+. The normalized spacial score (nSPS) is 17.4. The van der Waals surface area contributed by atoms with Gasteiger partial charge in [-0.2, -0.15) is 0 Å². The number of Topliss-reactive ketones (excluding diaryl/α,β-unsaturated/α-hetero) is 1. The molecule has 0 bridgehead atoms. The molecule has 1 unspecified atom stereocenters. The van der Waals surface area contributed by atoms with E-state index in [1.807, 2.05) is 13.8 Å². The first-order valence-corrected chi connectivity index (χ1v) is 11.3. The van der Waals surface area contributed by atoms with Gasteiger partial charge in [-0.15, -0.1) is 13.2 Å². The quantitative estimate of drug-likeness (QED) is 0.259. The summed E-state index contributed by atoms with van der Waals surface area (Å²) in [6.07, 6.45) is -2.12. The maximum Gasteiger partial charge on any atom is 0.573 e. The van der Waals surface area contributed by atoms with Crippen LogP contribution in [0.4, 0.5) is 18.9 Å². The number of pyridine rings is 1. The zero-order valence-electron chi connectivity index (χ0n) is 20.1. The van der Waals surface area contributed by atoms with Crippen LogP contribution >= 0.6 is 0 Å². The predicted molar refractivity (Wildman–Crippen MR) is 129 cm³/mol. The minimum atomic E-state index is -4.95. The molecule has 1 saturated heterocycles. The van der Waals surface area contributed by atoms with Crippen molar-refractivity contribution in [2.75, 3.05) is 4.90 Å². The molecule has 2 heterocycles. The largest absolute Gasteiger partial charge is 0.573 e. The van der Waals surface area contributed by atoms with E-state index in [0.29, 0.717) is 16.9 Å². The summed E-state index contributed by atoms with van der Waals surface area (Å²) in [4.78, 5) is 31.5. The lowest BCUT2D eigenvalue weighted by Gasteiger charge is -2.25. The molecule has 0 aliphatic carbocycles. The molecule has 1 aromatic heterocycles. The van der Waals surface area contributed by atoms with Crippen LogP contribution in [0.3, 0.4) is 0 Å². The summed E-state index contributed by atoms with van der Waals surface area (Å²) in [5.41, 5.74) is 1.10. The molecule has 0 spiro atoms. The number of rotatable bonds is 6. The fraction of sp³-hybridized carbons (Fsp3) is 0.222. The van der Waals surface area contributed by atoms with Crippen LogP contribution in [0, 0.1) is 6.92 Å². The van der Waals surface area contributed by atoms with Crippen LogP contribution in [0.2, 0.25) is 0 Å². The van der Waals surface area contributed by atoms with Gasteiger partial charge in [0.2, 0.25) is 0 Å². The summed E-state index contributed by atoms with van der Waals surface area (Å²) in [6.45, 7) is 5.52. The molecule has 1 N–H and O–H groups in total. The van der Waals surface area contributed by atoms with Gasteiger partial charge in [0, 0.05) is 29.7 Å². The van der Waals surface area contributed by atoms with Gasteiger partial charge in [0.15, 0.2) is 0 Å². The SMILES string of the molecule is Cc1cc(/C(O)=C2\C(=O)C(=O)N(c3cccc(OC(F)(F)F)c3)C2c2cccnc2)ccc1OC(C)C. The Balaban J connectivity index is 1.85. The van der Waals surface area contributed by atoms with Gasteiger partial charge in [-0.3, -0.25) is 19.5 Å². The Morgan fingerprint density at radius 2 is 1.84 bits per heavy atom. The number of ether oxygens (including phenoxy) is 2. The molecule has 1 aliphatic rings. The number of aromatic nitrogens is 1. The van der Waals surface area contributed by atoms with Gasteiger partial charge in [-0.25, -0.2) is 0 Å². The lowest BCUT2D eigenvalue weighted by atomic mass is 9.95. The zero-order valence-corrected chi connectivity index (χ0v) is 20.1. The molecular weight excluding hydrogens is 489 g/mol. The van der Waals surface area contributed by atoms with Gasteiger partial charge in [-0.05, 0) is 68.3 Å². The van der Waals surface area contributed by atoms with E-state index >= 15 is 0 Å². The number of carbonyl (C=O) groups excluding carboxylic acids is 2. The fourth-order valence-electron chi connectivity index (χ4n) is 4.12. The van der Waals surface area contributed by atoms with E-state index in [-0.39, 0.29) is 22.9 Å². The van der Waals surface area contributed by atoms with Crippen LogP contribution in [0.15, 0.2) is 72.6 Å². The fourth-order valence-corrected chi connectivity index (χ4v) is 4.12. The Labute approximate surface area is 210 Å². The summed E-state index contributed by atoms with van der Waals surface area (Å²) in [7, 11) is 0. The molecule has 7 nitrogen and oxygen atoms in total. The second-order valence-electron chi connectivity index (χ2n) is 8.65. The zero-order chi connectivity index (χ0) is 26.9. The van der Waals surface area contributed by atoms with Gasteiger partial charge in [-0.1, -0.05) is 12.1 Å². The number of ketones is 1. The molecule has 1 amide bonds. The summed E-state index contributed by atoms with van der Waals surface area (Å²) in [6, 6.07) is 11.6. The van der Waals surface area contributed by atoms with Crippen LogP contribution in [0.25, 0.3) is 5.76 Å². The number of hydrogen-bond acceptors (Lipinski definition) is 6. The molecule has 1 fully saturated rings. The number of halogens is 3. The van der Waals surface area contributed by atoms with E-state index < -0.39 is 35.6 Å². The van der Waals surface area contributed by atoms with Gasteiger partial charge in [0.1, 0.15) is 17.3 Å². The van der Waals surface area contributed by atoms with E-state index in [9.17, 15) is 27.9 Å². The number of hydrogen-bond donors (Lipinski definition) is 1. The van der Waals surface area contributed by atoms with Gasteiger partial charge in [0.05, 0.1) is 17.7 Å². The highest BCUT2D eigenvalue weighted by molar-refractivity contribution is 6.51. The number of benzene rings is 2. The monoisotopic (exact) mass is 512 g/mol. The first-order valence-electron chi connectivity index (χ1n) is 11.3. The number of aryl methyl sites for hydroxylation is 1. The lowest BCUT2D eigenvalue weighted by Crippen LogP contribution is -2.29. The number of anilines is 1. The molecule has 37 heavy (non-hydrogen) atoms. The molecular formula is C27H23F3N2O5. The Morgan fingerprint density at radius 3 is 2.46 bits per heavy atom. The number of aliphatic hydroxyl groups excluding tert-OH is 1. The predicted octanol–water partition coefficient (Wildman–Crippen LogP) is 5.70. The van der Waals surface area contributed by atoms with Crippen molar-refractivity contribution >= 4 is 23.1 Å². The Hall–Kier alpha value is -4.34. The van der Waals surface area contributed by atoms with Crippen molar-refractivity contribution in [2.45, 2.75) is 39.3 Å². The number of amides is 1. The molecule has 3 aromatic rings. The third kappa shape index (κ3) is 5.42. The highest BCUT2D eigenvalue weighted by Crippen LogP contribution is 2.43. The van der Waals surface area contributed by atoms with E-state index in [2.05, 4.69) is 9.72 Å². The second kappa shape index (κ2) is 9.96. The summed E-state index contributed by atoms with van der Waals surface area (Å²) < 4.78 is 48.1. The molecule has 10 heteroatoms. The van der Waals surface area contributed by atoms with Crippen molar-refractivity contribution in [1.29, 1.82) is 0 Å². The van der Waals surface area contributed by atoms with Gasteiger partial charge < -0.3 is 14.6 Å². The van der Waals surface area contributed by atoms with Crippen molar-refractivity contribution in [3.05, 3.63) is 89.3 Å². The van der Waals surface area contributed by atoms with Crippen molar-refractivity contribution in [3.63, 3.8) is 0 Å². The lowest BCUT2D eigenvalue weighted by molar-refractivity contribution is -0.274. The Bertz CT molecular complexity index is 1370. The van der Waals surface area contributed by atoms with Crippen LogP contribution in [-0.4, -0.2) is 34.2 Å². The van der Waals surface area contributed by atoms with Crippen molar-refractivity contribution in [1.82, 2.24) is 4.98 Å². The van der Waals surface area contributed by atoms with Crippen molar-refractivity contribution in [2.24, 2.45) is 0 Å². The molecule has 0 radical (unpaired) electrons. The van der Waals surface area contributed by atoms with Crippen LogP contribution in [-0.2, 0) is 9.59 Å². The second-order valence-corrected chi connectivity index (χ2v) is 8.65. The topological polar surface area (TPSA) is 89.0 Å². The molecule has 2 aromatic carbocycles. The number of nitrogens with zero attached hydrogens (tertiary/aromatic N) is 2. The minimum Gasteiger partial charge on any atom is -0.507 e. The number of aliphatic hydroxyl groups is 1. The van der Waals surface area contributed by atoms with Crippen molar-refractivity contribution < 1.29 is 37.3 Å². The first kappa shape index (κ1) is 25.7. The Kier molecular flexibility index (Phi) is 6.93. The minimum absolute atomic E-state index is 0.0198. The third-order valence-corrected chi connectivity index (χ3v) is 5.58. The average molecular weight is 512 g/mol. The number of alkyl halides is 3. The van der Waals surface area contributed by atoms with Crippen LogP contribution in [0.5, 0.6) is 11.5 Å². The molecule has 4 rings (SSSR count). The highest BCUT2D eigenvalue weighted by atomic mass is 19.4. The molecule has 192 valence electrons. The maximum atomic E-state index is 13.2. The van der Waals surface area contributed by atoms with E-state index in [1.165, 1.54) is 24.5 Å². The summed E-state index contributed by atoms with van der Waals surface area (Å²) in [5.74, 6) is -2.41. The summed E-state index contributed by atoms with van der Waals surface area (Å²) in [5, 5.41) is 11.3. The summed E-state index contributed by atoms with van der Waals surface area (Å²) >= 11 is 0. The van der Waals surface area contributed by atoms with E-state index in [1.54, 1.807) is 37.3 Å². The average Bonchev–Trinajstić information content (AvgIpc) is 3.10. The van der Waals surface area contributed by atoms with E-state index in [0.717, 1.165) is 17.0 Å². The number of carbonyl (C=O) groups is 2. The van der Waals surface area contributed by atoms with Gasteiger partial charge >= 0.3 is 6.36 Å². The van der Waals surface area contributed by atoms with E-state index in [4.69, 9.17) is 4.74 Å². The van der Waals surface area contributed by atoms with Gasteiger partial charge in [0.25, 0.3) is 11.7 Å². The Morgan fingerprint density at radius 1 is 1.08 bits per heavy atom. The smallest absolute Gasteiger partial charge is 0.507 e. The molecule has 0 saturated carbocycles. The first-order chi connectivity index (χ1) is 17.5. The third-order valence-electron chi connectivity index (χ3n) is 5.58. The van der Waals surface area contributed by atoms with Crippen LogP contribution in [0.1, 0.15) is 36.6 Å². The maximum absolute atomic E-state index is 13.2. The highest BCUT2D eigenvalue weighted by Gasteiger charge is 2.47. The molecule has 1 atom stereocenters. The molecule has 1 aliphatic heterocycles. The van der Waals surface area contributed by atoms with Crippen LogP contribution < -0.4 is 14.4 Å².